The van der Waals surface area contributed by atoms with Crippen molar-refractivity contribution < 1.29 is 42.2 Å². The van der Waals surface area contributed by atoms with Crippen LogP contribution in [0.1, 0.15) is 61.0 Å². The van der Waals surface area contributed by atoms with Crippen molar-refractivity contribution >= 4 is 41.0 Å². The Labute approximate surface area is 308 Å². The van der Waals surface area contributed by atoms with Crippen molar-refractivity contribution in [3.8, 4) is 11.5 Å². The smallest absolute Gasteiger partial charge is 0.413 e. The number of alkyl halides is 1. The molecule has 3 atom stereocenters. The third-order valence-corrected chi connectivity index (χ3v) is 8.77. The quantitative estimate of drug-likeness (QED) is 0.0398. The van der Waals surface area contributed by atoms with Gasteiger partial charge in [-0.3, -0.25) is 25.1 Å². The van der Waals surface area contributed by atoms with Gasteiger partial charge in [-0.1, -0.05) is 5.11 Å². The maximum absolute atomic E-state index is 16.1. The Balaban J connectivity index is 1.39. The van der Waals surface area contributed by atoms with E-state index in [2.05, 4.69) is 26.0 Å². The summed E-state index contributed by atoms with van der Waals surface area (Å²) >= 11 is 1.22. The summed E-state index contributed by atoms with van der Waals surface area (Å²) < 4.78 is 45.5. The van der Waals surface area contributed by atoms with Crippen molar-refractivity contribution in [1.29, 1.82) is 5.41 Å². The zero-order valence-electron chi connectivity index (χ0n) is 29.5. The minimum Gasteiger partial charge on any atom is -0.457 e. The molecule has 15 nitrogen and oxygen atoms in total. The van der Waals surface area contributed by atoms with Crippen LogP contribution in [0.25, 0.3) is 10.4 Å². The van der Waals surface area contributed by atoms with E-state index in [9.17, 15) is 23.6 Å². The number of azide groups is 1. The number of hydrogen-bond acceptors (Lipinski definition) is 10. The topological polar surface area (TPSA) is 208 Å². The lowest BCUT2D eigenvalue weighted by Crippen LogP contribution is -2.49. The van der Waals surface area contributed by atoms with Crippen LogP contribution in [0.5, 0.6) is 11.5 Å². The number of amidine groups is 1. The van der Waals surface area contributed by atoms with Crippen LogP contribution in [0.15, 0.2) is 65.1 Å². The highest BCUT2D eigenvalue weighted by Crippen LogP contribution is 2.32. The largest absolute Gasteiger partial charge is 0.457 e. The van der Waals surface area contributed by atoms with Crippen LogP contribution in [0.2, 0.25) is 0 Å². The number of carbonyl (C=O) groups is 4. The molecule has 0 spiro atoms. The van der Waals surface area contributed by atoms with Gasteiger partial charge in [0.15, 0.2) is 5.67 Å². The van der Waals surface area contributed by atoms with E-state index in [0.717, 1.165) is 4.90 Å². The Kier molecular flexibility index (Phi) is 13.5. The lowest BCUT2D eigenvalue weighted by Gasteiger charge is -2.25. The molecule has 0 bridgehead atoms. The monoisotopic (exact) mass is 754 g/mol. The van der Waals surface area contributed by atoms with Crippen molar-refractivity contribution in [3.05, 3.63) is 92.2 Å². The molecule has 0 aliphatic carbocycles. The van der Waals surface area contributed by atoms with E-state index in [1.807, 2.05) is 0 Å². The van der Waals surface area contributed by atoms with Crippen LogP contribution in [0, 0.1) is 11.2 Å². The first-order valence-corrected chi connectivity index (χ1v) is 17.3. The minimum absolute atomic E-state index is 0.0322. The van der Waals surface area contributed by atoms with Gasteiger partial charge in [-0.05, 0) is 87.8 Å². The van der Waals surface area contributed by atoms with Gasteiger partial charge in [0.05, 0.1) is 32.3 Å². The number of hydrogen-bond donors (Lipinski definition) is 4. The van der Waals surface area contributed by atoms with Crippen molar-refractivity contribution in [1.82, 2.24) is 20.9 Å². The summed E-state index contributed by atoms with van der Waals surface area (Å²) in [4.78, 5) is 56.3. The number of rotatable bonds is 14. The average molecular weight is 755 g/mol. The Hall–Kier alpha value is -5.58. The SMILES string of the molecule is C[C@@H](NC(=O)[C@@H]1C[C@](F)(COCCN=[N+]=[N-])CN1C(=O)CNC(=O)c1ccc(Oc2ccc(F)cc2)cc1)c1cc(C(=N)NC(=O)OC(C)(C)C)cs1. The Bertz CT molecular complexity index is 1850. The number of amides is 4. The molecule has 4 amide bonds. The molecule has 1 aliphatic rings. The van der Waals surface area contributed by atoms with E-state index in [4.69, 9.17) is 25.2 Å². The van der Waals surface area contributed by atoms with Gasteiger partial charge in [-0.2, -0.15) is 0 Å². The zero-order chi connectivity index (χ0) is 38.8. The number of thiophene rings is 1. The summed E-state index contributed by atoms with van der Waals surface area (Å²) in [5.74, 6) is -1.80. The molecule has 1 saturated heterocycles. The van der Waals surface area contributed by atoms with Gasteiger partial charge in [0.25, 0.3) is 5.91 Å². The van der Waals surface area contributed by atoms with Gasteiger partial charge in [0.1, 0.15) is 34.8 Å². The molecule has 3 aromatic rings. The molecular weight excluding hydrogens is 714 g/mol. The Morgan fingerprint density at radius 1 is 1.11 bits per heavy atom. The summed E-state index contributed by atoms with van der Waals surface area (Å²) in [6.07, 6.45) is -1.19. The lowest BCUT2D eigenvalue weighted by molar-refractivity contribution is -0.138. The fourth-order valence-corrected chi connectivity index (χ4v) is 6.09. The second-order valence-corrected chi connectivity index (χ2v) is 14.1. The molecule has 2 heterocycles. The standard InChI is InChI=1S/C35H40F2N8O7S/c1-21(28-15-23(18-53-28)30(38)43-33(49)52-34(2,3)4)42-32(48)27-16-35(37,20-50-14-13-41-44-39)19-45(27)29(46)17-40-31(47)22-5-9-25(10-6-22)51-26-11-7-24(36)8-12-26/h5-12,15,18,21,27H,13-14,16-17,19-20H2,1-4H3,(H,40,47)(H,42,48)(H2,38,43,49)/t21-,27+,35-/m1/s1. The van der Waals surface area contributed by atoms with Crippen molar-refractivity contribution in [2.24, 2.45) is 5.11 Å². The van der Waals surface area contributed by atoms with Gasteiger partial charge in [0.2, 0.25) is 11.8 Å². The summed E-state index contributed by atoms with van der Waals surface area (Å²) in [7, 11) is 0. The van der Waals surface area contributed by atoms with E-state index < -0.39 is 79.1 Å². The van der Waals surface area contributed by atoms with Gasteiger partial charge in [-0.25, -0.2) is 13.6 Å². The summed E-state index contributed by atoms with van der Waals surface area (Å²) in [6, 6.07) is 11.1. The number of nitrogens with one attached hydrogen (secondary N) is 4. The fourth-order valence-electron chi connectivity index (χ4n) is 5.18. The van der Waals surface area contributed by atoms with Crippen LogP contribution < -0.4 is 20.7 Å². The van der Waals surface area contributed by atoms with Crippen molar-refractivity contribution in [2.75, 3.05) is 32.8 Å². The molecule has 1 fully saturated rings. The number of likely N-dealkylation sites (tertiary alicyclic amines) is 1. The summed E-state index contributed by atoms with van der Waals surface area (Å²) in [6.45, 7) is 5.15. The number of ether oxygens (including phenoxy) is 3. The van der Waals surface area contributed by atoms with Crippen LogP contribution >= 0.6 is 11.3 Å². The number of benzene rings is 2. The molecule has 1 aliphatic heterocycles. The van der Waals surface area contributed by atoms with Crippen molar-refractivity contribution in [3.63, 3.8) is 0 Å². The highest BCUT2D eigenvalue weighted by Gasteiger charge is 2.49. The molecule has 18 heteroatoms. The molecular formula is C35H40F2N8O7S. The lowest BCUT2D eigenvalue weighted by atomic mass is 10.0. The number of halogens is 2. The first-order valence-electron chi connectivity index (χ1n) is 16.4. The highest BCUT2D eigenvalue weighted by molar-refractivity contribution is 7.10. The number of carbonyl (C=O) groups excluding carboxylic acids is 4. The zero-order valence-corrected chi connectivity index (χ0v) is 30.3. The second-order valence-electron chi connectivity index (χ2n) is 13.1. The third kappa shape index (κ3) is 12.0. The molecule has 2 aromatic carbocycles. The molecule has 282 valence electrons. The Morgan fingerprint density at radius 2 is 1.77 bits per heavy atom. The number of alkyl carbamates (subject to hydrolysis) is 1. The molecule has 53 heavy (non-hydrogen) atoms. The number of nitrogens with zero attached hydrogens (tertiary/aromatic N) is 4. The highest BCUT2D eigenvalue weighted by atomic mass is 32.1. The predicted octanol–water partition coefficient (Wildman–Crippen LogP) is 5.77. The maximum atomic E-state index is 16.1. The molecule has 0 unspecified atom stereocenters. The van der Waals surface area contributed by atoms with Crippen molar-refractivity contribution in [2.45, 2.75) is 57.5 Å². The van der Waals surface area contributed by atoms with Crippen LogP contribution in [-0.2, 0) is 19.1 Å². The molecule has 0 radical (unpaired) electrons. The van der Waals surface area contributed by atoms with Gasteiger partial charge < -0.3 is 29.7 Å². The summed E-state index contributed by atoms with van der Waals surface area (Å²) in [5.41, 5.74) is 6.17. The van der Waals surface area contributed by atoms with E-state index >= 15 is 4.39 Å². The van der Waals surface area contributed by atoms with E-state index in [0.29, 0.717) is 21.9 Å². The first-order chi connectivity index (χ1) is 25.1. The van der Waals surface area contributed by atoms with Crippen LogP contribution in [-0.4, -0.2) is 84.7 Å². The molecule has 0 saturated carbocycles. The molecule has 4 N–H and O–H groups in total. The van der Waals surface area contributed by atoms with E-state index in [1.54, 1.807) is 39.1 Å². The van der Waals surface area contributed by atoms with E-state index in [1.165, 1.54) is 59.9 Å². The van der Waals surface area contributed by atoms with Gasteiger partial charge in [0, 0.05) is 39.3 Å². The third-order valence-electron chi connectivity index (χ3n) is 7.66. The average Bonchev–Trinajstić information content (AvgIpc) is 3.74. The summed E-state index contributed by atoms with van der Waals surface area (Å²) in [5, 5.41) is 20.9. The predicted molar refractivity (Wildman–Crippen MR) is 191 cm³/mol. The molecule has 4 rings (SSSR count). The van der Waals surface area contributed by atoms with Crippen LogP contribution in [0.4, 0.5) is 13.6 Å². The minimum atomic E-state index is -2.12. The van der Waals surface area contributed by atoms with Gasteiger partial charge in [-0.15, -0.1) is 11.3 Å². The second kappa shape index (κ2) is 17.8. The van der Waals surface area contributed by atoms with Crippen LogP contribution in [0.3, 0.4) is 0 Å². The maximum Gasteiger partial charge on any atom is 0.413 e. The first kappa shape index (κ1) is 40.2. The Morgan fingerprint density at radius 3 is 2.42 bits per heavy atom. The molecule has 1 aromatic heterocycles. The van der Waals surface area contributed by atoms with Gasteiger partial charge >= 0.3 is 6.09 Å². The van der Waals surface area contributed by atoms with E-state index in [-0.39, 0.29) is 24.6 Å². The fraction of sp³-hybridized carbons (Fsp3) is 0.400. The normalized spacial score (nSPS) is 17.2.